The first kappa shape index (κ1) is 15.8. The number of benzene rings is 1. The maximum absolute atomic E-state index is 13.0. The molecule has 0 spiro atoms. The summed E-state index contributed by atoms with van der Waals surface area (Å²) in [5.74, 6) is -3.07. The molecule has 0 bridgehead atoms. The van der Waals surface area contributed by atoms with Crippen LogP contribution in [0.3, 0.4) is 0 Å². The van der Waals surface area contributed by atoms with E-state index in [-0.39, 0.29) is 12.8 Å². The minimum Gasteiger partial charge on any atom is -0.326 e. The van der Waals surface area contributed by atoms with Crippen LogP contribution in [-0.4, -0.2) is 12.1 Å². The number of anilines is 1. The number of hydrogen-bond acceptors (Lipinski definition) is 2. The number of rotatable bonds is 3. The van der Waals surface area contributed by atoms with Gasteiger partial charge in [0.15, 0.2) is 0 Å². The molecule has 2 atom stereocenters. The van der Waals surface area contributed by atoms with E-state index < -0.39 is 23.9 Å². The molecule has 1 aromatic carbocycles. The van der Waals surface area contributed by atoms with E-state index in [0.717, 1.165) is 5.56 Å². The summed E-state index contributed by atoms with van der Waals surface area (Å²) in [6.45, 7) is 0.382. The number of amides is 1. The number of nitrogens with one attached hydrogen (secondary N) is 1. The lowest BCUT2D eigenvalue weighted by Gasteiger charge is -2.32. The Morgan fingerprint density at radius 1 is 1.19 bits per heavy atom. The van der Waals surface area contributed by atoms with Gasteiger partial charge in [0.2, 0.25) is 5.91 Å². The Labute approximate surface area is 121 Å². The summed E-state index contributed by atoms with van der Waals surface area (Å²) in [7, 11) is 0. The van der Waals surface area contributed by atoms with Gasteiger partial charge in [0, 0.05) is 18.2 Å². The van der Waals surface area contributed by atoms with Crippen molar-refractivity contribution in [2.75, 3.05) is 5.32 Å². The predicted molar refractivity (Wildman–Crippen MR) is 74.5 cm³/mol. The van der Waals surface area contributed by atoms with Crippen molar-refractivity contribution in [3.05, 3.63) is 29.8 Å². The molecule has 0 radical (unpaired) electrons. The second-order valence-electron chi connectivity index (χ2n) is 5.43. The highest BCUT2D eigenvalue weighted by Crippen LogP contribution is 2.41. The Morgan fingerprint density at radius 3 is 2.38 bits per heavy atom. The quantitative estimate of drug-likeness (QED) is 0.898. The zero-order valence-corrected chi connectivity index (χ0v) is 11.6. The molecule has 2 rings (SSSR count). The molecule has 1 saturated carbocycles. The number of carbonyl (C=O) groups is 1. The van der Waals surface area contributed by atoms with Gasteiger partial charge in [-0.05, 0) is 30.5 Å². The summed E-state index contributed by atoms with van der Waals surface area (Å²) >= 11 is 0. The summed E-state index contributed by atoms with van der Waals surface area (Å²) in [5.41, 5.74) is 6.88. The molecule has 1 aromatic rings. The SMILES string of the molecule is NCc1ccc(NC(=O)C2CCCCC2C(F)(F)F)cc1. The van der Waals surface area contributed by atoms with Gasteiger partial charge in [0.25, 0.3) is 0 Å². The van der Waals surface area contributed by atoms with Crippen LogP contribution in [0.4, 0.5) is 18.9 Å². The minimum absolute atomic E-state index is 0.0354. The smallest absolute Gasteiger partial charge is 0.326 e. The summed E-state index contributed by atoms with van der Waals surface area (Å²) in [5, 5.41) is 2.59. The van der Waals surface area contributed by atoms with Crippen LogP contribution in [0.5, 0.6) is 0 Å². The summed E-state index contributed by atoms with van der Waals surface area (Å²) in [4.78, 5) is 12.1. The molecular formula is C15H19F3N2O. The fraction of sp³-hybridized carbons (Fsp3) is 0.533. The van der Waals surface area contributed by atoms with Crippen LogP contribution in [0, 0.1) is 11.8 Å². The van der Waals surface area contributed by atoms with E-state index in [0.29, 0.717) is 25.1 Å². The topological polar surface area (TPSA) is 55.1 Å². The third-order valence-electron chi connectivity index (χ3n) is 3.98. The lowest BCUT2D eigenvalue weighted by molar-refractivity contribution is -0.197. The van der Waals surface area contributed by atoms with E-state index in [9.17, 15) is 18.0 Å². The first-order chi connectivity index (χ1) is 9.91. The van der Waals surface area contributed by atoms with Crippen molar-refractivity contribution < 1.29 is 18.0 Å². The summed E-state index contributed by atoms with van der Waals surface area (Å²) < 4.78 is 39.0. The first-order valence-corrected chi connectivity index (χ1v) is 7.08. The zero-order chi connectivity index (χ0) is 15.5. The highest BCUT2D eigenvalue weighted by atomic mass is 19.4. The van der Waals surface area contributed by atoms with Crippen LogP contribution >= 0.6 is 0 Å². The normalized spacial score (nSPS) is 22.9. The minimum atomic E-state index is -4.31. The molecule has 0 heterocycles. The second-order valence-corrected chi connectivity index (χ2v) is 5.43. The molecule has 0 aliphatic heterocycles. The fourth-order valence-corrected chi connectivity index (χ4v) is 2.80. The van der Waals surface area contributed by atoms with E-state index in [4.69, 9.17) is 5.73 Å². The lowest BCUT2D eigenvalue weighted by Crippen LogP contribution is -2.39. The molecule has 1 fully saturated rings. The van der Waals surface area contributed by atoms with Crippen molar-refractivity contribution >= 4 is 11.6 Å². The zero-order valence-electron chi connectivity index (χ0n) is 11.6. The van der Waals surface area contributed by atoms with Crippen LogP contribution in [0.25, 0.3) is 0 Å². The van der Waals surface area contributed by atoms with Crippen LogP contribution in [0.15, 0.2) is 24.3 Å². The van der Waals surface area contributed by atoms with Crippen LogP contribution in [-0.2, 0) is 11.3 Å². The van der Waals surface area contributed by atoms with Gasteiger partial charge in [0.1, 0.15) is 0 Å². The van der Waals surface area contributed by atoms with Gasteiger partial charge in [-0.15, -0.1) is 0 Å². The largest absolute Gasteiger partial charge is 0.392 e. The molecule has 0 saturated heterocycles. The maximum Gasteiger partial charge on any atom is 0.392 e. The monoisotopic (exact) mass is 300 g/mol. The third kappa shape index (κ3) is 3.97. The van der Waals surface area contributed by atoms with Crippen molar-refractivity contribution in [3.8, 4) is 0 Å². The van der Waals surface area contributed by atoms with E-state index in [1.807, 2.05) is 0 Å². The van der Waals surface area contributed by atoms with Crippen molar-refractivity contribution in [1.82, 2.24) is 0 Å². The van der Waals surface area contributed by atoms with Gasteiger partial charge >= 0.3 is 6.18 Å². The second kappa shape index (κ2) is 6.47. The average Bonchev–Trinajstić information content (AvgIpc) is 2.47. The average molecular weight is 300 g/mol. The maximum atomic E-state index is 13.0. The molecule has 1 amide bonds. The molecule has 21 heavy (non-hydrogen) atoms. The van der Waals surface area contributed by atoms with Gasteiger partial charge < -0.3 is 11.1 Å². The lowest BCUT2D eigenvalue weighted by atomic mass is 9.78. The predicted octanol–water partition coefficient (Wildman–Crippen LogP) is 3.45. The van der Waals surface area contributed by atoms with Crippen molar-refractivity contribution in [2.45, 2.75) is 38.4 Å². The number of alkyl halides is 3. The van der Waals surface area contributed by atoms with Gasteiger partial charge in [-0.2, -0.15) is 13.2 Å². The Balaban J connectivity index is 2.06. The van der Waals surface area contributed by atoms with Crippen LogP contribution in [0.1, 0.15) is 31.2 Å². The Bertz CT molecular complexity index is 485. The van der Waals surface area contributed by atoms with Crippen molar-refractivity contribution in [3.63, 3.8) is 0 Å². The number of halogens is 3. The molecule has 1 aliphatic rings. The van der Waals surface area contributed by atoms with E-state index in [1.165, 1.54) is 0 Å². The molecule has 6 heteroatoms. The fourth-order valence-electron chi connectivity index (χ4n) is 2.80. The molecule has 1 aliphatic carbocycles. The van der Waals surface area contributed by atoms with E-state index in [1.54, 1.807) is 24.3 Å². The number of carbonyl (C=O) groups excluding carboxylic acids is 1. The summed E-state index contributed by atoms with van der Waals surface area (Å²) in [6.07, 6.45) is -2.80. The number of nitrogens with two attached hydrogens (primary N) is 1. The molecular weight excluding hydrogens is 281 g/mol. The van der Waals surface area contributed by atoms with E-state index in [2.05, 4.69) is 5.32 Å². The molecule has 116 valence electrons. The molecule has 0 aromatic heterocycles. The standard InChI is InChI=1S/C15H19F3N2O/c16-15(17,18)13-4-2-1-3-12(13)14(21)20-11-7-5-10(9-19)6-8-11/h5-8,12-13H,1-4,9,19H2,(H,20,21). The van der Waals surface area contributed by atoms with Gasteiger partial charge in [0.05, 0.1) is 5.92 Å². The summed E-state index contributed by atoms with van der Waals surface area (Å²) in [6, 6.07) is 6.81. The Kier molecular flexibility index (Phi) is 4.88. The highest BCUT2D eigenvalue weighted by Gasteiger charge is 2.47. The first-order valence-electron chi connectivity index (χ1n) is 7.08. The highest BCUT2D eigenvalue weighted by molar-refractivity contribution is 5.92. The Morgan fingerprint density at radius 2 is 1.81 bits per heavy atom. The third-order valence-corrected chi connectivity index (χ3v) is 3.98. The van der Waals surface area contributed by atoms with Crippen LogP contribution in [0.2, 0.25) is 0 Å². The Hall–Kier alpha value is -1.56. The van der Waals surface area contributed by atoms with Crippen molar-refractivity contribution in [2.24, 2.45) is 17.6 Å². The van der Waals surface area contributed by atoms with Gasteiger partial charge in [-0.3, -0.25) is 4.79 Å². The van der Waals surface area contributed by atoms with Gasteiger partial charge in [-0.1, -0.05) is 25.0 Å². The molecule has 2 unspecified atom stereocenters. The molecule has 3 nitrogen and oxygen atoms in total. The van der Waals surface area contributed by atoms with Gasteiger partial charge in [-0.25, -0.2) is 0 Å². The molecule has 3 N–H and O–H groups in total. The van der Waals surface area contributed by atoms with Crippen molar-refractivity contribution in [1.29, 1.82) is 0 Å². The van der Waals surface area contributed by atoms with E-state index >= 15 is 0 Å². The number of hydrogen-bond donors (Lipinski definition) is 2. The van der Waals surface area contributed by atoms with Crippen LogP contribution < -0.4 is 11.1 Å².